The molecule has 32 heavy (non-hydrogen) atoms. The highest BCUT2D eigenvalue weighted by Crippen LogP contribution is 2.15. The maximum Gasteiger partial charge on any atom is 0.279 e. The molecule has 0 aliphatic heterocycles. The van der Waals surface area contributed by atoms with Crippen LogP contribution in [0.1, 0.15) is 39.6 Å². The van der Waals surface area contributed by atoms with E-state index in [0.717, 1.165) is 5.56 Å². The SMILES string of the molecule is CCC(Oc1ccc(C)cc1)C(=O)NNC(=O)c1ccc(NC(=O)c2ccccc2)cc1. The molecular weight excluding hydrogens is 406 g/mol. The van der Waals surface area contributed by atoms with Crippen LogP contribution in [-0.4, -0.2) is 23.8 Å². The zero-order valence-electron chi connectivity index (χ0n) is 17.9. The van der Waals surface area contributed by atoms with Crippen LogP contribution in [0.15, 0.2) is 78.9 Å². The van der Waals surface area contributed by atoms with E-state index in [1.807, 2.05) is 32.0 Å². The van der Waals surface area contributed by atoms with Crippen molar-refractivity contribution < 1.29 is 19.1 Å². The van der Waals surface area contributed by atoms with E-state index < -0.39 is 17.9 Å². The normalized spacial score (nSPS) is 11.2. The van der Waals surface area contributed by atoms with Gasteiger partial charge in [-0.1, -0.05) is 42.8 Å². The van der Waals surface area contributed by atoms with Gasteiger partial charge in [-0.05, 0) is 61.9 Å². The second-order valence-electron chi connectivity index (χ2n) is 7.17. The van der Waals surface area contributed by atoms with Crippen LogP contribution >= 0.6 is 0 Å². The third-order valence-electron chi connectivity index (χ3n) is 4.70. The van der Waals surface area contributed by atoms with Gasteiger partial charge in [-0.3, -0.25) is 25.2 Å². The first kappa shape index (κ1) is 22.6. The molecule has 7 heteroatoms. The molecule has 0 saturated heterocycles. The highest BCUT2D eigenvalue weighted by atomic mass is 16.5. The summed E-state index contributed by atoms with van der Waals surface area (Å²) in [5, 5.41) is 2.77. The fourth-order valence-corrected chi connectivity index (χ4v) is 2.87. The number of rotatable bonds is 7. The largest absolute Gasteiger partial charge is 0.481 e. The average Bonchev–Trinajstić information content (AvgIpc) is 2.83. The van der Waals surface area contributed by atoms with Crippen molar-refractivity contribution in [2.24, 2.45) is 0 Å². The zero-order valence-corrected chi connectivity index (χ0v) is 17.9. The van der Waals surface area contributed by atoms with Crippen molar-refractivity contribution >= 4 is 23.4 Å². The molecule has 0 aliphatic rings. The number of ether oxygens (including phenoxy) is 1. The molecular formula is C25H25N3O4. The number of carbonyl (C=O) groups excluding carboxylic acids is 3. The number of hydrogen-bond acceptors (Lipinski definition) is 4. The summed E-state index contributed by atoms with van der Waals surface area (Å²) < 4.78 is 5.70. The van der Waals surface area contributed by atoms with E-state index in [0.29, 0.717) is 29.0 Å². The van der Waals surface area contributed by atoms with Gasteiger partial charge >= 0.3 is 0 Å². The number of aryl methyl sites for hydroxylation is 1. The molecule has 0 spiro atoms. The Bertz CT molecular complexity index is 1060. The van der Waals surface area contributed by atoms with Gasteiger partial charge in [0.2, 0.25) is 0 Å². The topological polar surface area (TPSA) is 96.5 Å². The van der Waals surface area contributed by atoms with Crippen LogP contribution in [0.4, 0.5) is 5.69 Å². The first-order valence-corrected chi connectivity index (χ1v) is 10.3. The van der Waals surface area contributed by atoms with Gasteiger partial charge in [0.15, 0.2) is 6.10 Å². The van der Waals surface area contributed by atoms with Gasteiger partial charge in [0, 0.05) is 16.8 Å². The molecule has 0 aromatic heterocycles. The summed E-state index contributed by atoms with van der Waals surface area (Å²) in [6, 6.07) is 22.6. The summed E-state index contributed by atoms with van der Waals surface area (Å²) in [5.74, 6) is -0.594. The summed E-state index contributed by atoms with van der Waals surface area (Å²) in [6.45, 7) is 3.79. The molecule has 7 nitrogen and oxygen atoms in total. The Kier molecular flexibility index (Phi) is 7.59. The summed E-state index contributed by atoms with van der Waals surface area (Å²) in [5.41, 5.74) is 7.30. The monoisotopic (exact) mass is 431 g/mol. The molecule has 164 valence electrons. The van der Waals surface area contributed by atoms with Crippen molar-refractivity contribution in [2.45, 2.75) is 26.4 Å². The minimum absolute atomic E-state index is 0.241. The van der Waals surface area contributed by atoms with Crippen molar-refractivity contribution in [1.82, 2.24) is 10.9 Å². The molecule has 0 radical (unpaired) electrons. The Morgan fingerprint density at radius 3 is 2.03 bits per heavy atom. The molecule has 0 fully saturated rings. The van der Waals surface area contributed by atoms with Gasteiger partial charge in [-0.15, -0.1) is 0 Å². The Morgan fingerprint density at radius 1 is 0.781 bits per heavy atom. The third-order valence-corrected chi connectivity index (χ3v) is 4.70. The van der Waals surface area contributed by atoms with Crippen LogP contribution < -0.4 is 20.9 Å². The standard InChI is InChI=1S/C25H25N3O4/c1-3-22(32-21-15-9-17(2)10-16-21)25(31)28-27-24(30)19-11-13-20(14-12-19)26-23(29)18-7-5-4-6-8-18/h4-16,22H,3H2,1-2H3,(H,26,29)(H,27,30)(H,28,31). The average molecular weight is 431 g/mol. The van der Waals surface area contributed by atoms with Crippen molar-refractivity contribution in [3.05, 3.63) is 95.6 Å². The van der Waals surface area contributed by atoms with E-state index in [4.69, 9.17) is 4.74 Å². The van der Waals surface area contributed by atoms with E-state index in [9.17, 15) is 14.4 Å². The van der Waals surface area contributed by atoms with Crippen LogP contribution in [-0.2, 0) is 4.79 Å². The van der Waals surface area contributed by atoms with Gasteiger partial charge in [-0.25, -0.2) is 0 Å². The number of hydrogen-bond donors (Lipinski definition) is 3. The number of benzene rings is 3. The van der Waals surface area contributed by atoms with Crippen molar-refractivity contribution in [2.75, 3.05) is 5.32 Å². The number of amides is 3. The summed E-state index contributed by atoms with van der Waals surface area (Å²) in [6.07, 6.45) is -0.306. The molecule has 3 aromatic carbocycles. The summed E-state index contributed by atoms with van der Waals surface area (Å²) >= 11 is 0. The molecule has 3 N–H and O–H groups in total. The van der Waals surface area contributed by atoms with Gasteiger partial charge in [0.05, 0.1) is 0 Å². The Morgan fingerprint density at radius 2 is 1.41 bits per heavy atom. The molecule has 1 atom stereocenters. The summed E-state index contributed by atoms with van der Waals surface area (Å²) in [7, 11) is 0. The van der Waals surface area contributed by atoms with E-state index in [1.54, 1.807) is 60.7 Å². The van der Waals surface area contributed by atoms with Gasteiger partial charge in [0.25, 0.3) is 17.7 Å². The van der Waals surface area contributed by atoms with Gasteiger partial charge in [0.1, 0.15) is 5.75 Å². The second kappa shape index (κ2) is 10.8. The third kappa shape index (κ3) is 6.18. The lowest BCUT2D eigenvalue weighted by atomic mass is 10.1. The molecule has 0 heterocycles. The van der Waals surface area contributed by atoms with Gasteiger partial charge in [-0.2, -0.15) is 0 Å². The van der Waals surface area contributed by atoms with Gasteiger partial charge < -0.3 is 10.1 Å². The zero-order chi connectivity index (χ0) is 22.9. The lowest BCUT2D eigenvalue weighted by Crippen LogP contribution is -2.47. The molecule has 3 aromatic rings. The smallest absolute Gasteiger partial charge is 0.279 e. The molecule has 0 bridgehead atoms. The predicted molar refractivity (Wildman–Crippen MR) is 122 cm³/mol. The van der Waals surface area contributed by atoms with E-state index in [2.05, 4.69) is 16.2 Å². The maximum absolute atomic E-state index is 12.4. The fourth-order valence-electron chi connectivity index (χ4n) is 2.87. The molecule has 3 rings (SSSR count). The minimum atomic E-state index is -0.742. The lowest BCUT2D eigenvalue weighted by Gasteiger charge is -2.17. The van der Waals surface area contributed by atoms with Crippen molar-refractivity contribution in [1.29, 1.82) is 0 Å². The van der Waals surface area contributed by atoms with Crippen molar-refractivity contribution in [3.63, 3.8) is 0 Å². The Balaban J connectivity index is 1.52. The minimum Gasteiger partial charge on any atom is -0.481 e. The molecule has 0 saturated carbocycles. The maximum atomic E-state index is 12.4. The van der Waals surface area contributed by atoms with Crippen LogP contribution in [0.25, 0.3) is 0 Å². The van der Waals surface area contributed by atoms with E-state index >= 15 is 0 Å². The van der Waals surface area contributed by atoms with Crippen LogP contribution in [0.5, 0.6) is 5.75 Å². The van der Waals surface area contributed by atoms with Crippen molar-refractivity contribution in [3.8, 4) is 5.75 Å². The molecule has 3 amide bonds. The van der Waals surface area contributed by atoms with E-state index in [1.165, 1.54) is 0 Å². The molecule has 1 unspecified atom stereocenters. The fraction of sp³-hybridized carbons (Fsp3) is 0.160. The highest BCUT2D eigenvalue weighted by molar-refractivity contribution is 6.04. The predicted octanol–water partition coefficient (Wildman–Crippen LogP) is 3.87. The van der Waals surface area contributed by atoms with E-state index in [-0.39, 0.29) is 5.91 Å². The highest BCUT2D eigenvalue weighted by Gasteiger charge is 2.19. The van der Waals surface area contributed by atoms with Crippen LogP contribution in [0.2, 0.25) is 0 Å². The first-order chi connectivity index (χ1) is 15.5. The number of nitrogens with one attached hydrogen (secondary N) is 3. The second-order valence-corrected chi connectivity index (χ2v) is 7.17. The quantitative estimate of drug-likeness (QED) is 0.495. The number of carbonyl (C=O) groups is 3. The number of anilines is 1. The van der Waals surface area contributed by atoms with Crippen LogP contribution in [0.3, 0.4) is 0 Å². The Labute approximate surface area is 186 Å². The molecule has 0 aliphatic carbocycles. The number of hydrazine groups is 1. The summed E-state index contributed by atoms with van der Waals surface area (Å²) in [4.78, 5) is 37.0. The lowest BCUT2D eigenvalue weighted by molar-refractivity contribution is -0.128. The Hall–Kier alpha value is -4.13. The first-order valence-electron chi connectivity index (χ1n) is 10.3. The van der Waals surface area contributed by atoms with Crippen LogP contribution in [0, 0.1) is 6.92 Å².